The molecule has 2 aromatic carbocycles. The van der Waals surface area contributed by atoms with Gasteiger partial charge in [0.25, 0.3) is 0 Å². The van der Waals surface area contributed by atoms with Crippen LogP contribution >= 0.6 is 11.8 Å². The molecule has 1 N–H and O–H groups in total. The fraction of sp³-hybridized carbons (Fsp3) is 0.375. The van der Waals surface area contributed by atoms with Gasteiger partial charge in [0.15, 0.2) is 16.7 Å². The third-order valence-electron chi connectivity index (χ3n) is 5.46. The lowest BCUT2D eigenvalue weighted by Crippen LogP contribution is -2.16. The second kappa shape index (κ2) is 10.5. The third-order valence-corrected chi connectivity index (χ3v) is 6.43. The summed E-state index contributed by atoms with van der Waals surface area (Å²) in [6, 6.07) is 15.6. The van der Waals surface area contributed by atoms with Gasteiger partial charge in [0.1, 0.15) is 5.82 Å². The Morgan fingerprint density at radius 1 is 1.12 bits per heavy atom. The fourth-order valence-corrected chi connectivity index (χ4v) is 4.56. The lowest BCUT2D eigenvalue weighted by Gasteiger charge is -2.17. The molecule has 0 atom stereocenters. The molecular formula is C24H28N4O3S. The zero-order chi connectivity index (χ0) is 22.3. The number of nitrogens with one attached hydrogen (secondary N) is 1. The number of ether oxygens (including phenoxy) is 2. The number of methoxy groups -OCH3 is 1. The number of hydrogen-bond acceptors (Lipinski definition) is 6. The molecule has 0 saturated heterocycles. The van der Waals surface area contributed by atoms with Crippen molar-refractivity contribution in [2.45, 2.75) is 50.4 Å². The van der Waals surface area contributed by atoms with Crippen molar-refractivity contribution in [1.82, 2.24) is 14.8 Å². The molecule has 1 saturated carbocycles. The summed E-state index contributed by atoms with van der Waals surface area (Å²) >= 11 is 1.37. The van der Waals surface area contributed by atoms with E-state index in [2.05, 4.69) is 27.6 Å². The average Bonchev–Trinajstić information content (AvgIpc) is 3.43. The summed E-state index contributed by atoms with van der Waals surface area (Å²) in [6.45, 7) is 2.59. The summed E-state index contributed by atoms with van der Waals surface area (Å²) in [7, 11) is 1.62. The first-order chi connectivity index (χ1) is 15.6. The van der Waals surface area contributed by atoms with Crippen LogP contribution in [0.5, 0.6) is 11.5 Å². The molecule has 0 bridgehead atoms. The maximum absolute atomic E-state index is 12.6. The molecule has 8 heteroatoms. The molecule has 1 heterocycles. The standard InChI is InChI=1S/C24H28N4O3S/c1-17-26-27-24(28(17)15-18-8-4-3-5-9-18)32-16-23(29)25-19-12-13-21(30-2)22(14-19)31-20-10-6-7-11-20/h3-5,8-9,12-14,20H,6-7,10-11,15-16H2,1-2H3,(H,25,29). The van der Waals surface area contributed by atoms with E-state index in [1.165, 1.54) is 24.6 Å². The van der Waals surface area contributed by atoms with Gasteiger partial charge in [0.05, 0.1) is 25.5 Å². The lowest BCUT2D eigenvalue weighted by atomic mass is 10.2. The number of nitrogens with zero attached hydrogens (tertiary/aromatic N) is 3. The molecule has 1 aliphatic carbocycles. The van der Waals surface area contributed by atoms with E-state index in [0.29, 0.717) is 23.7 Å². The summed E-state index contributed by atoms with van der Waals surface area (Å²) in [5.41, 5.74) is 1.85. The Kier molecular flexibility index (Phi) is 7.32. The Morgan fingerprint density at radius 3 is 2.66 bits per heavy atom. The van der Waals surface area contributed by atoms with Crippen LogP contribution in [0.1, 0.15) is 37.1 Å². The maximum Gasteiger partial charge on any atom is 0.234 e. The first-order valence-corrected chi connectivity index (χ1v) is 11.8. The van der Waals surface area contributed by atoms with Crippen molar-refractivity contribution in [1.29, 1.82) is 0 Å². The van der Waals surface area contributed by atoms with Crippen molar-refractivity contribution in [3.05, 3.63) is 59.9 Å². The molecule has 3 aromatic rings. The molecule has 32 heavy (non-hydrogen) atoms. The number of carbonyl (C=O) groups is 1. The van der Waals surface area contributed by atoms with Crippen molar-refractivity contribution >= 4 is 23.4 Å². The van der Waals surface area contributed by atoms with E-state index in [1.54, 1.807) is 7.11 Å². The van der Waals surface area contributed by atoms with Crippen LogP contribution in [0, 0.1) is 6.92 Å². The minimum atomic E-state index is -0.112. The summed E-state index contributed by atoms with van der Waals surface area (Å²) < 4.78 is 13.6. The number of carbonyl (C=O) groups excluding carboxylic acids is 1. The number of hydrogen-bond donors (Lipinski definition) is 1. The molecule has 1 fully saturated rings. The third kappa shape index (κ3) is 5.62. The molecule has 168 valence electrons. The number of thioether (sulfide) groups is 1. The second-order valence-corrected chi connectivity index (χ2v) is 8.77. The molecule has 4 rings (SSSR count). The van der Waals surface area contributed by atoms with Gasteiger partial charge in [-0.1, -0.05) is 42.1 Å². The van der Waals surface area contributed by atoms with Crippen LogP contribution in [-0.4, -0.2) is 39.6 Å². The predicted molar refractivity (Wildman–Crippen MR) is 126 cm³/mol. The highest BCUT2D eigenvalue weighted by atomic mass is 32.2. The maximum atomic E-state index is 12.6. The Labute approximate surface area is 192 Å². The van der Waals surface area contributed by atoms with Gasteiger partial charge in [0, 0.05) is 11.8 Å². The highest BCUT2D eigenvalue weighted by Crippen LogP contribution is 2.34. The normalized spacial score (nSPS) is 13.8. The van der Waals surface area contributed by atoms with Crippen LogP contribution < -0.4 is 14.8 Å². The van der Waals surface area contributed by atoms with E-state index in [-0.39, 0.29) is 17.8 Å². The van der Waals surface area contributed by atoms with Gasteiger partial charge in [-0.25, -0.2) is 0 Å². The topological polar surface area (TPSA) is 78.3 Å². The Bertz CT molecular complexity index is 1050. The molecule has 0 radical (unpaired) electrons. The Balaban J connectivity index is 1.37. The van der Waals surface area contributed by atoms with E-state index in [0.717, 1.165) is 29.4 Å². The zero-order valence-electron chi connectivity index (χ0n) is 18.4. The molecule has 0 spiro atoms. The highest BCUT2D eigenvalue weighted by Gasteiger charge is 2.19. The van der Waals surface area contributed by atoms with Crippen LogP contribution in [0.25, 0.3) is 0 Å². The summed E-state index contributed by atoms with van der Waals surface area (Å²) in [4.78, 5) is 12.6. The van der Waals surface area contributed by atoms with Crippen molar-refractivity contribution in [3.63, 3.8) is 0 Å². The number of benzene rings is 2. The minimum absolute atomic E-state index is 0.112. The van der Waals surface area contributed by atoms with Crippen molar-refractivity contribution < 1.29 is 14.3 Å². The molecule has 0 aliphatic heterocycles. The van der Waals surface area contributed by atoms with Gasteiger partial charge >= 0.3 is 0 Å². The van der Waals surface area contributed by atoms with Gasteiger partial charge in [-0.05, 0) is 50.3 Å². The van der Waals surface area contributed by atoms with Crippen LogP contribution in [0.2, 0.25) is 0 Å². The molecule has 0 unspecified atom stereocenters. The van der Waals surface area contributed by atoms with E-state index >= 15 is 0 Å². The van der Waals surface area contributed by atoms with Crippen LogP contribution in [0.4, 0.5) is 5.69 Å². The van der Waals surface area contributed by atoms with Crippen LogP contribution in [0.15, 0.2) is 53.7 Å². The van der Waals surface area contributed by atoms with Gasteiger partial charge in [-0.3, -0.25) is 4.79 Å². The number of anilines is 1. The van der Waals surface area contributed by atoms with E-state index in [9.17, 15) is 4.79 Å². The van der Waals surface area contributed by atoms with E-state index in [1.807, 2.05) is 47.9 Å². The molecular weight excluding hydrogens is 424 g/mol. The van der Waals surface area contributed by atoms with Crippen molar-refractivity contribution in [3.8, 4) is 11.5 Å². The fourth-order valence-electron chi connectivity index (χ4n) is 3.78. The van der Waals surface area contributed by atoms with Crippen LogP contribution in [-0.2, 0) is 11.3 Å². The zero-order valence-corrected chi connectivity index (χ0v) is 19.2. The van der Waals surface area contributed by atoms with Crippen molar-refractivity contribution in [2.75, 3.05) is 18.2 Å². The first kappa shape index (κ1) is 22.2. The largest absolute Gasteiger partial charge is 0.493 e. The number of rotatable bonds is 9. The first-order valence-electron chi connectivity index (χ1n) is 10.8. The molecule has 7 nitrogen and oxygen atoms in total. The summed E-state index contributed by atoms with van der Waals surface area (Å²) in [5, 5.41) is 12.1. The summed E-state index contributed by atoms with van der Waals surface area (Å²) in [6.07, 6.45) is 4.70. The van der Waals surface area contributed by atoms with E-state index < -0.39 is 0 Å². The Hall–Kier alpha value is -3.00. The van der Waals surface area contributed by atoms with Crippen LogP contribution in [0.3, 0.4) is 0 Å². The summed E-state index contributed by atoms with van der Waals surface area (Å²) in [5.74, 6) is 2.29. The van der Waals surface area contributed by atoms with Crippen molar-refractivity contribution in [2.24, 2.45) is 0 Å². The quantitative estimate of drug-likeness (QED) is 0.474. The molecule has 1 aromatic heterocycles. The molecule has 1 amide bonds. The smallest absolute Gasteiger partial charge is 0.234 e. The van der Waals surface area contributed by atoms with Gasteiger partial charge in [-0.2, -0.15) is 0 Å². The monoisotopic (exact) mass is 452 g/mol. The SMILES string of the molecule is COc1ccc(NC(=O)CSc2nnc(C)n2Cc2ccccc2)cc1OC1CCCC1. The number of aromatic nitrogens is 3. The Morgan fingerprint density at radius 2 is 1.91 bits per heavy atom. The van der Waals surface area contributed by atoms with Gasteiger partial charge in [-0.15, -0.1) is 10.2 Å². The predicted octanol–water partition coefficient (Wildman–Crippen LogP) is 4.70. The molecule has 1 aliphatic rings. The number of aryl methyl sites for hydroxylation is 1. The van der Waals surface area contributed by atoms with Gasteiger partial charge in [0.2, 0.25) is 5.91 Å². The highest BCUT2D eigenvalue weighted by molar-refractivity contribution is 7.99. The minimum Gasteiger partial charge on any atom is -0.493 e. The van der Waals surface area contributed by atoms with E-state index in [4.69, 9.17) is 9.47 Å². The second-order valence-electron chi connectivity index (χ2n) is 7.83. The number of amides is 1. The lowest BCUT2D eigenvalue weighted by molar-refractivity contribution is -0.113. The average molecular weight is 453 g/mol. The van der Waals surface area contributed by atoms with Gasteiger partial charge < -0.3 is 19.4 Å².